The van der Waals surface area contributed by atoms with Gasteiger partial charge >= 0.3 is 0 Å². The lowest BCUT2D eigenvalue weighted by Crippen LogP contribution is -2.61. The van der Waals surface area contributed by atoms with Crippen molar-refractivity contribution in [2.75, 3.05) is 31.1 Å². The molecule has 35 heavy (non-hydrogen) atoms. The third kappa shape index (κ3) is 5.34. The van der Waals surface area contributed by atoms with Gasteiger partial charge in [-0.3, -0.25) is 19.8 Å². The summed E-state index contributed by atoms with van der Waals surface area (Å²) in [4.78, 5) is 30.3. The van der Waals surface area contributed by atoms with Crippen LogP contribution in [0, 0.1) is 16.0 Å². The fraction of sp³-hybridized carbons (Fsp3) is 0.346. The molecule has 182 valence electrons. The number of nitrogens with zero attached hydrogens (tertiary/aromatic N) is 3. The van der Waals surface area contributed by atoms with E-state index in [4.69, 9.17) is 11.6 Å². The number of nitrogens with one attached hydrogen (secondary N) is 1. The Morgan fingerprint density at radius 2 is 2.00 bits per heavy atom. The number of anilines is 1. The van der Waals surface area contributed by atoms with E-state index >= 15 is 0 Å². The molecule has 2 atom stereocenters. The van der Waals surface area contributed by atoms with E-state index in [2.05, 4.69) is 21.2 Å². The molecule has 5 rings (SSSR count). The van der Waals surface area contributed by atoms with Crippen molar-refractivity contribution >= 4 is 40.2 Å². The summed E-state index contributed by atoms with van der Waals surface area (Å²) >= 11 is 7.73. The Kier molecular flexibility index (Phi) is 7.04. The van der Waals surface area contributed by atoms with Gasteiger partial charge in [-0.25, -0.2) is 0 Å². The van der Waals surface area contributed by atoms with Crippen molar-refractivity contribution < 1.29 is 9.72 Å². The predicted octanol–water partition coefficient (Wildman–Crippen LogP) is 4.53. The summed E-state index contributed by atoms with van der Waals surface area (Å²) in [7, 11) is 0. The first-order chi connectivity index (χ1) is 17.0. The van der Waals surface area contributed by atoms with Gasteiger partial charge in [-0.2, -0.15) is 0 Å². The zero-order chi connectivity index (χ0) is 24.4. The Balaban J connectivity index is 1.35. The lowest BCUT2D eigenvalue weighted by atomic mass is 9.83. The number of hydrogen-bond acceptors (Lipinski definition) is 6. The minimum Gasteiger partial charge on any atom is -0.365 e. The van der Waals surface area contributed by atoms with Crippen LogP contribution in [0.15, 0.2) is 60.0 Å². The fourth-order valence-electron chi connectivity index (χ4n) is 5.17. The molecule has 7 nitrogen and oxygen atoms in total. The number of hydrogen-bond donors (Lipinski definition) is 1. The van der Waals surface area contributed by atoms with Crippen molar-refractivity contribution in [2.45, 2.75) is 25.4 Å². The molecule has 0 saturated carbocycles. The van der Waals surface area contributed by atoms with Crippen LogP contribution in [-0.4, -0.2) is 48.0 Å². The summed E-state index contributed by atoms with van der Waals surface area (Å²) in [5.41, 5.74) is 3.14. The van der Waals surface area contributed by atoms with Gasteiger partial charge in [-0.1, -0.05) is 29.8 Å². The minimum atomic E-state index is -0.369. The van der Waals surface area contributed by atoms with Gasteiger partial charge in [0.1, 0.15) is 0 Å². The van der Waals surface area contributed by atoms with Gasteiger partial charge in [-0.05, 0) is 53.6 Å². The van der Waals surface area contributed by atoms with Crippen molar-refractivity contribution in [3.63, 3.8) is 0 Å². The summed E-state index contributed by atoms with van der Waals surface area (Å²) in [6.07, 6.45) is 1.30. The molecule has 2 aromatic carbocycles. The first kappa shape index (κ1) is 23.8. The van der Waals surface area contributed by atoms with E-state index in [0.29, 0.717) is 13.0 Å². The maximum absolute atomic E-state index is 13.4. The standard InChI is InChI=1S/C26H27ClN4O3S/c27-20-5-3-18(4-6-20)16-29-11-12-30-24-8-7-21(31(33)34)14-19(24)15-23(25(30)17-29)26(32)28-10-9-22-2-1-13-35-22/h1-8,13-14,23,25H,9-12,15-17H2,(H,28,32)/t23-,25+/m0/s1. The van der Waals surface area contributed by atoms with Crippen molar-refractivity contribution in [2.24, 2.45) is 5.92 Å². The Hall–Kier alpha value is -2.94. The van der Waals surface area contributed by atoms with Crippen molar-refractivity contribution in [3.8, 4) is 0 Å². The number of nitro benzene ring substituents is 1. The third-order valence-corrected chi connectivity index (χ3v) is 8.09. The second kappa shape index (κ2) is 10.4. The molecule has 9 heteroatoms. The molecule has 2 aliphatic rings. The number of amides is 1. The lowest BCUT2D eigenvalue weighted by molar-refractivity contribution is -0.384. The zero-order valence-electron chi connectivity index (χ0n) is 19.2. The molecular weight excluding hydrogens is 484 g/mol. The average Bonchev–Trinajstić information content (AvgIpc) is 3.38. The van der Waals surface area contributed by atoms with Crippen molar-refractivity contribution in [1.82, 2.24) is 10.2 Å². The Labute approximate surface area is 213 Å². The van der Waals surface area contributed by atoms with Crippen LogP contribution in [0.25, 0.3) is 0 Å². The average molecular weight is 511 g/mol. The highest BCUT2D eigenvalue weighted by molar-refractivity contribution is 7.09. The normalized spacial score (nSPS) is 19.6. The van der Waals surface area contributed by atoms with Crippen LogP contribution in [0.3, 0.4) is 0 Å². The van der Waals surface area contributed by atoms with Gasteiger partial charge in [0, 0.05) is 60.4 Å². The highest BCUT2D eigenvalue weighted by atomic mass is 35.5. The fourth-order valence-corrected chi connectivity index (χ4v) is 6.00. The van der Waals surface area contributed by atoms with Crippen LogP contribution in [0.5, 0.6) is 0 Å². The molecule has 1 fully saturated rings. The molecule has 3 aromatic rings. The van der Waals surface area contributed by atoms with Crippen LogP contribution in [0.2, 0.25) is 5.02 Å². The smallest absolute Gasteiger partial charge is 0.269 e. The number of carbonyl (C=O) groups is 1. The van der Waals surface area contributed by atoms with Gasteiger partial charge in [0.05, 0.1) is 16.9 Å². The molecule has 0 spiro atoms. The summed E-state index contributed by atoms with van der Waals surface area (Å²) < 4.78 is 0. The Morgan fingerprint density at radius 1 is 1.17 bits per heavy atom. The molecular formula is C26H27ClN4O3S. The number of non-ortho nitro benzene ring substituents is 1. The quantitative estimate of drug-likeness (QED) is 0.373. The summed E-state index contributed by atoms with van der Waals surface area (Å²) in [6, 6.07) is 17.0. The molecule has 3 heterocycles. The number of nitro groups is 1. The van der Waals surface area contributed by atoms with E-state index in [1.165, 1.54) is 10.4 Å². The number of fused-ring (bicyclic) bond motifs is 3. The highest BCUT2D eigenvalue weighted by Crippen LogP contribution is 2.38. The van der Waals surface area contributed by atoms with Crippen LogP contribution in [-0.2, 0) is 24.2 Å². The van der Waals surface area contributed by atoms with E-state index in [-0.39, 0.29) is 28.5 Å². The van der Waals surface area contributed by atoms with E-state index in [1.807, 2.05) is 41.8 Å². The molecule has 1 N–H and O–H groups in total. The predicted molar refractivity (Wildman–Crippen MR) is 139 cm³/mol. The van der Waals surface area contributed by atoms with Gasteiger partial charge in [0.25, 0.3) is 5.69 Å². The van der Waals surface area contributed by atoms with E-state index in [0.717, 1.165) is 48.9 Å². The number of piperazine rings is 1. The Bertz CT molecular complexity index is 1200. The molecule has 2 aliphatic heterocycles. The van der Waals surface area contributed by atoms with Crippen LogP contribution in [0.1, 0.15) is 16.0 Å². The SMILES string of the molecule is O=C(NCCc1cccs1)[C@H]1Cc2cc([N+](=O)[O-])ccc2N2CCN(Cc3ccc(Cl)cc3)C[C@H]12. The van der Waals surface area contributed by atoms with Crippen LogP contribution < -0.4 is 10.2 Å². The van der Waals surface area contributed by atoms with Gasteiger partial charge in [0.2, 0.25) is 5.91 Å². The van der Waals surface area contributed by atoms with E-state index < -0.39 is 0 Å². The van der Waals surface area contributed by atoms with E-state index in [9.17, 15) is 14.9 Å². The third-order valence-electron chi connectivity index (χ3n) is 6.90. The minimum absolute atomic E-state index is 0.00624. The number of thiophene rings is 1. The maximum atomic E-state index is 13.4. The molecule has 0 bridgehead atoms. The number of rotatable bonds is 7. The molecule has 1 saturated heterocycles. The molecule has 0 unspecified atom stereocenters. The van der Waals surface area contributed by atoms with Crippen molar-refractivity contribution in [1.29, 1.82) is 0 Å². The lowest BCUT2D eigenvalue weighted by Gasteiger charge is -2.49. The number of carbonyl (C=O) groups excluding carboxylic acids is 1. The highest BCUT2D eigenvalue weighted by Gasteiger charge is 2.41. The van der Waals surface area contributed by atoms with Crippen LogP contribution >= 0.6 is 22.9 Å². The molecule has 1 amide bonds. The summed E-state index contributed by atoms with van der Waals surface area (Å²) in [6.45, 7) is 3.74. The number of halogens is 1. The van der Waals surface area contributed by atoms with E-state index in [1.54, 1.807) is 23.5 Å². The molecule has 0 aliphatic carbocycles. The monoisotopic (exact) mass is 510 g/mol. The topological polar surface area (TPSA) is 78.7 Å². The zero-order valence-corrected chi connectivity index (χ0v) is 20.8. The first-order valence-corrected chi connectivity index (χ1v) is 13.0. The Morgan fingerprint density at radius 3 is 2.74 bits per heavy atom. The van der Waals surface area contributed by atoms with Gasteiger partial charge < -0.3 is 10.2 Å². The first-order valence-electron chi connectivity index (χ1n) is 11.8. The summed E-state index contributed by atoms with van der Waals surface area (Å²) in [5, 5.41) is 17.3. The molecule has 0 radical (unpaired) electrons. The second-order valence-corrected chi connectivity index (χ2v) is 10.6. The summed E-state index contributed by atoms with van der Waals surface area (Å²) in [5.74, 6) is -0.261. The van der Waals surface area contributed by atoms with Crippen LogP contribution in [0.4, 0.5) is 11.4 Å². The molecule has 1 aromatic heterocycles. The largest absolute Gasteiger partial charge is 0.365 e. The second-order valence-electron chi connectivity index (χ2n) is 9.12. The van der Waals surface area contributed by atoms with Gasteiger partial charge in [-0.15, -0.1) is 11.3 Å². The number of benzene rings is 2. The van der Waals surface area contributed by atoms with Gasteiger partial charge in [0.15, 0.2) is 0 Å². The maximum Gasteiger partial charge on any atom is 0.269 e. The van der Waals surface area contributed by atoms with Crippen molar-refractivity contribution in [3.05, 3.63) is 91.1 Å².